The van der Waals surface area contributed by atoms with Crippen LogP contribution in [0.3, 0.4) is 0 Å². The number of likely N-dealkylation sites (tertiary alicyclic amines) is 1. The van der Waals surface area contributed by atoms with E-state index in [2.05, 4.69) is 16.0 Å². The fourth-order valence-electron chi connectivity index (χ4n) is 2.90. The summed E-state index contributed by atoms with van der Waals surface area (Å²) in [4.78, 5) is 23.2. The summed E-state index contributed by atoms with van der Waals surface area (Å²) in [5.74, 6) is 0.175. The van der Waals surface area contributed by atoms with E-state index in [0.717, 1.165) is 35.7 Å². The number of aromatic nitrogens is 2. The van der Waals surface area contributed by atoms with Crippen molar-refractivity contribution >= 4 is 17.2 Å². The molecular weight excluding hydrogens is 282 g/mol. The van der Waals surface area contributed by atoms with Crippen LogP contribution in [0.5, 0.6) is 0 Å². The molecule has 0 saturated carbocycles. The number of nitrogens with zero attached hydrogens (tertiary/aromatic N) is 3. The van der Waals surface area contributed by atoms with E-state index in [-0.39, 0.29) is 11.9 Å². The molecule has 0 radical (unpaired) electrons. The van der Waals surface area contributed by atoms with Crippen molar-refractivity contribution in [1.29, 1.82) is 0 Å². The van der Waals surface area contributed by atoms with Crippen molar-refractivity contribution in [2.45, 2.75) is 38.6 Å². The lowest BCUT2D eigenvalue weighted by Crippen LogP contribution is -2.39. The Bertz CT molecular complexity index is 611. The Hall–Kier alpha value is -1.75. The molecule has 2 aromatic rings. The van der Waals surface area contributed by atoms with Crippen molar-refractivity contribution in [1.82, 2.24) is 14.9 Å². The van der Waals surface area contributed by atoms with Gasteiger partial charge in [-0.1, -0.05) is 6.07 Å². The lowest BCUT2D eigenvalue weighted by atomic mass is 9.96. The molecule has 21 heavy (non-hydrogen) atoms. The molecule has 5 heteroatoms. The lowest BCUT2D eigenvalue weighted by Gasteiger charge is -2.36. The van der Waals surface area contributed by atoms with E-state index in [1.54, 1.807) is 17.5 Å². The summed E-state index contributed by atoms with van der Waals surface area (Å²) >= 11 is 1.60. The number of aryl methyl sites for hydroxylation is 1. The summed E-state index contributed by atoms with van der Waals surface area (Å²) in [6.45, 7) is 2.81. The summed E-state index contributed by atoms with van der Waals surface area (Å²) in [6, 6.07) is 4.17. The molecule has 2 aromatic heterocycles. The molecule has 1 fully saturated rings. The number of piperidine rings is 1. The van der Waals surface area contributed by atoms with E-state index in [0.29, 0.717) is 6.42 Å². The van der Waals surface area contributed by atoms with E-state index in [9.17, 15) is 4.79 Å². The molecule has 1 amide bonds. The quantitative estimate of drug-likeness (QED) is 0.875. The fourth-order valence-corrected chi connectivity index (χ4v) is 3.51. The Morgan fingerprint density at radius 1 is 1.48 bits per heavy atom. The largest absolute Gasteiger partial charge is 0.335 e. The zero-order chi connectivity index (χ0) is 14.7. The Morgan fingerprint density at radius 2 is 2.38 bits per heavy atom. The Kier molecular flexibility index (Phi) is 4.29. The van der Waals surface area contributed by atoms with Gasteiger partial charge in [0.1, 0.15) is 0 Å². The summed E-state index contributed by atoms with van der Waals surface area (Å²) in [5, 5.41) is 3.00. The summed E-state index contributed by atoms with van der Waals surface area (Å²) in [7, 11) is 0. The average Bonchev–Trinajstić information content (AvgIpc) is 2.93. The first-order valence-electron chi connectivity index (χ1n) is 7.34. The third kappa shape index (κ3) is 3.29. The highest BCUT2D eigenvalue weighted by Crippen LogP contribution is 2.30. The van der Waals surface area contributed by atoms with Crippen molar-refractivity contribution in [3.63, 3.8) is 0 Å². The van der Waals surface area contributed by atoms with Gasteiger partial charge in [-0.2, -0.15) is 0 Å². The van der Waals surface area contributed by atoms with Crippen LogP contribution in [0.25, 0.3) is 0 Å². The molecule has 1 aliphatic heterocycles. The van der Waals surface area contributed by atoms with Gasteiger partial charge < -0.3 is 4.90 Å². The molecule has 110 valence electrons. The molecule has 3 heterocycles. The van der Waals surface area contributed by atoms with Crippen LogP contribution < -0.4 is 0 Å². The molecule has 4 nitrogen and oxygen atoms in total. The van der Waals surface area contributed by atoms with Crippen LogP contribution in [0.15, 0.2) is 29.9 Å². The number of rotatable bonds is 3. The summed E-state index contributed by atoms with van der Waals surface area (Å²) < 4.78 is 0. The standard InChI is InChI=1S/C16H19N3OS/c1-12-18-14(11-21-12)9-16(20)19-8-3-2-6-15(19)13-5-4-7-17-10-13/h4-5,7,10-11,15H,2-3,6,8-9H2,1H3/t15-/m0/s1. The topological polar surface area (TPSA) is 46.1 Å². The van der Waals surface area contributed by atoms with E-state index < -0.39 is 0 Å². The van der Waals surface area contributed by atoms with Gasteiger partial charge in [0.05, 0.1) is 23.2 Å². The molecule has 0 unspecified atom stereocenters. The average molecular weight is 301 g/mol. The molecule has 0 N–H and O–H groups in total. The Labute approximate surface area is 128 Å². The van der Waals surface area contributed by atoms with Crippen LogP contribution in [0.4, 0.5) is 0 Å². The summed E-state index contributed by atoms with van der Waals surface area (Å²) in [5.41, 5.74) is 2.03. The minimum atomic E-state index is 0.166. The molecule has 1 atom stereocenters. The Morgan fingerprint density at radius 3 is 3.10 bits per heavy atom. The van der Waals surface area contributed by atoms with Crippen molar-refractivity contribution in [3.8, 4) is 0 Å². The number of carbonyl (C=O) groups is 1. The number of pyridine rings is 1. The molecule has 1 aliphatic rings. The van der Waals surface area contributed by atoms with E-state index in [1.165, 1.54) is 6.42 Å². The van der Waals surface area contributed by atoms with Gasteiger partial charge in [-0.05, 0) is 37.8 Å². The normalized spacial score (nSPS) is 18.7. The fraction of sp³-hybridized carbons (Fsp3) is 0.438. The maximum Gasteiger partial charge on any atom is 0.229 e. The SMILES string of the molecule is Cc1nc(CC(=O)N2CCCC[C@H]2c2cccnc2)cs1. The lowest BCUT2D eigenvalue weighted by molar-refractivity contribution is -0.134. The van der Waals surface area contributed by atoms with E-state index in [4.69, 9.17) is 0 Å². The van der Waals surface area contributed by atoms with Gasteiger partial charge >= 0.3 is 0 Å². The van der Waals surface area contributed by atoms with Crippen LogP contribution in [0.1, 0.15) is 41.6 Å². The van der Waals surface area contributed by atoms with Gasteiger partial charge in [-0.15, -0.1) is 11.3 Å². The third-order valence-corrected chi connectivity index (χ3v) is 4.71. The highest BCUT2D eigenvalue weighted by molar-refractivity contribution is 7.09. The van der Waals surface area contributed by atoms with E-state index in [1.807, 2.05) is 29.5 Å². The molecular formula is C16H19N3OS. The van der Waals surface area contributed by atoms with Crippen molar-refractivity contribution in [2.75, 3.05) is 6.54 Å². The first kappa shape index (κ1) is 14.2. The maximum atomic E-state index is 12.6. The number of hydrogen-bond acceptors (Lipinski definition) is 4. The zero-order valence-corrected chi connectivity index (χ0v) is 13.0. The first-order chi connectivity index (χ1) is 10.2. The highest BCUT2D eigenvalue weighted by Gasteiger charge is 2.28. The number of thiazole rings is 1. The molecule has 0 spiro atoms. The third-order valence-electron chi connectivity index (χ3n) is 3.89. The minimum absolute atomic E-state index is 0.166. The van der Waals surface area contributed by atoms with E-state index >= 15 is 0 Å². The van der Waals surface area contributed by atoms with Gasteiger partial charge in [-0.3, -0.25) is 9.78 Å². The van der Waals surface area contributed by atoms with Gasteiger partial charge in [-0.25, -0.2) is 4.98 Å². The van der Waals surface area contributed by atoms with Crippen LogP contribution >= 0.6 is 11.3 Å². The Balaban J connectivity index is 1.76. The number of carbonyl (C=O) groups excluding carboxylic acids is 1. The predicted molar refractivity (Wildman–Crippen MR) is 83.1 cm³/mol. The summed E-state index contributed by atoms with van der Waals surface area (Å²) in [6.07, 6.45) is 7.33. The maximum absolute atomic E-state index is 12.6. The molecule has 3 rings (SSSR count). The van der Waals surface area contributed by atoms with Crippen molar-refractivity contribution in [3.05, 3.63) is 46.2 Å². The van der Waals surface area contributed by atoms with Gasteiger partial charge in [0.15, 0.2) is 0 Å². The second kappa shape index (κ2) is 6.35. The van der Waals surface area contributed by atoms with Crippen LogP contribution in [0, 0.1) is 6.92 Å². The smallest absolute Gasteiger partial charge is 0.229 e. The van der Waals surface area contributed by atoms with Crippen molar-refractivity contribution in [2.24, 2.45) is 0 Å². The monoisotopic (exact) mass is 301 g/mol. The molecule has 0 bridgehead atoms. The molecule has 0 aliphatic carbocycles. The van der Waals surface area contributed by atoms with Gasteiger partial charge in [0.2, 0.25) is 5.91 Å². The molecule has 0 aromatic carbocycles. The molecule has 1 saturated heterocycles. The highest BCUT2D eigenvalue weighted by atomic mass is 32.1. The van der Waals surface area contributed by atoms with Crippen LogP contribution in [-0.4, -0.2) is 27.3 Å². The predicted octanol–water partition coefficient (Wildman–Crippen LogP) is 3.14. The van der Waals surface area contributed by atoms with Gasteiger partial charge in [0, 0.05) is 24.3 Å². The van der Waals surface area contributed by atoms with Gasteiger partial charge in [0.25, 0.3) is 0 Å². The second-order valence-electron chi connectivity index (χ2n) is 5.42. The first-order valence-corrected chi connectivity index (χ1v) is 8.22. The zero-order valence-electron chi connectivity index (χ0n) is 12.2. The number of hydrogen-bond donors (Lipinski definition) is 0. The number of amides is 1. The second-order valence-corrected chi connectivity index (χ2v) is 6.48. The minimum Gasteiger partial charge on any atom is -0.335 e. The van der Waals surface area contributed by atoms with Crippen molar-refractivity contribution < 1.29 is 4.79 Å². The van der Waals surface area contributed by atoms with Crippen LogP contribution in [-0.2, 0) is 11.2 Å². The van der Waals surface area contributed by atoms with Crippen LogP contribution in [0.2, 0.25) is 0 Å².